The Kier molecular flexibility index (Phi) is 7.84. The molecule has 3 aromatic rings. The zero-order valence-corrected chi connectivity index (χ0v) is 23.2. The fourth-order valence-corrected chi connectivity index (χ4v) is 5.80. The lowest BCUT2D eigenvalue weighted by molar-refractivity contribution is -0.384. The van der Waals surface area contributed by atoms with Gasteiger partial charge in [0.05, 0.1) is 17.5 Å². The third kappa shape index (κ3) is 5.82. The lowest BCUT2D eigenvalue weighted by Crippen LogP contribution is -2.53. The topological polar surface area (TPSA) is 150 Å². The quantitative estimate of drug-likeness (QED) is 0.304. The number of aromatic hydroxyl groups is 1. The number of fused-ring (bicyclic) bond motifs is 1. The number of hydrogen-bond donors (Lipinski definition) is 2. The van der Waals surface area contributed by atoms with Crippen molar-refractivity contribution in [3.8, 4) is 5.75 Å². The van der Waals surface area contributed by atoms with E-state index in [9.17, 15) is 34.4 Å². The molecule has 2 fully saturated rings. The highest BCUT2D eigenvalue weighted by Crippen LogP contribution is 2.32. The summed E-state index contributed by atoms with van der Waals surface area (Å²) in [4.78, 5) is 66.9. The SMILES string of the molecule is O=C(N[C@@H](Cc1ccc(O)cc1)C(=O)N1CCC2C1C(=O)CN2C(=O)c1cccc([N+](=O)[O-])c1)c1cccc(Br)c1. The van der Waals surface area contributed by atoms with Gasteiger partial charge in [-0.25, -0.2) is 0 Å². The van der Waals surface area contributed by atoms with Gasteiger partial charge in [0, 0.05) is 40.7 Å². The van der Waals surface area contributed by atoms with Crippen molar-refractivity contribution in [2.75, 3.05) is 13.1 Å². The molecule has 11 nitrogen and oxygen atoms in total. The highest BCUT2D eigenvalue weighted by Gasteiger charge is 2.52. The second-order valence-electron chi connectivity index (χ2n) is 9.95. The first kappa shape index (κ1) is 28.0. The van der Waals surface area contributed by atoms with Gasteiger partial charge in [0.1, 0.15) is 17.8 Å². The van der Waals surface area contributed by atoms with Crippen LogP contribution in [0.15, 0.2) is 77.3 Å². The van der Waals surface area contributed by atoms with E-state index in [-0.39, 0.29) is 42.3 Å². The number of likely N-dealkylation sites (tertiary alicyclic amines) is 2. The molecule has 0 aromatic heterocycles. The van der Waals surface area contributed by atoms with Crippen molar-refractivity contribution < 1.29 is 29.2 Å². The van der Waals surface area contributed by atoms with Crippen LogP contribution in [0.25, 0.3) is 0 Å². The van der Waals surface area contributed by atoms with E-state index in [0.717, 1.165) is 0 Å². The number of benzene rings is 3. The molecule has 0 aliphatic carbocycles. The average molecular weight is 621 g/mol. The van der Waals surface area contributed by atoms with E-state index in [4.69, 9.17) is 0 Å². The summed E-state index contributed by atoms with van der Waals surface area (Å²) < 4.78 is 0.694. The van der Waals surface area contributed by atoms with E-state index in [2.05, 4.69) is 21.2 Å². The number of amides is 3. The molecule has 3 aromatic carbocycles. The smallest absolute Gasteiger partial charge is 0.270 e. The van der Waals surface area contributed by atoms with E-state index in [1.165, 1.54) is 46.2 Å². The van der Waals surface area contributed by atoms with Crippen molar-refractivity contribution in [1.29, 1.82) is 0 Å². The van der Waals surface area contributed by atoms with Crippen LogP contribution in [0.5, 0.6) is 5.75 Å². The number of phenolic OH excluding ortho intramolecular Hbond substituents is 1. The minimum atomic E-state index is -1.03. The predicted octanol–water partition coefficient (Wildman–Crippen LogP) is 3.10. The number of hydrogen-bond acceptors (Lipinski definition) is 7. The first-order valence-corrected chi connectivity index (χ1v) is 13.6. The van der Waals surface area contributed by atoms with Crippen LogP contribution in [0.1, 0.15) is 32.7 Å². The summed E-state index contributed by atoms with van der Waals surface area (Å²) in [5, 5.41) is 23.7. The van der Waals surface area contributed by atoms with Gasteiger partial charge < -0.3 is 20.2 Å². The van der Waals surface area contributed by atoms with E-state index in [0.29, 0.717) is 22.0 Å². The van der Waals surface area contributed by atoms with Crippen LogP contribution in [0.4, 0.5) is 5.69 Å². The maximum atomic E-state index is 13.9. The molecule has 12 heteroatoms. The molecule has 2 saturated heterocycles. The van der Waals surface area contributed by atoms with Crippen LogP contribution in [0.2, 0.25) is 0 Å². The van der Waals surface area contributed by atoms with Gasteiger partial charge in [-0.1, -0.05) is 40.2 Å². The maximum absolute atomic E-state index is 13.9. The van der Waals surface area contributed by atoms with Crippen LogP contribution in [-0.4, -0.2) is 74.5 Å². The molecule has 210 valence electrons. The number of nitrogens with zero attached hydrogens (tertiary/aromatic N) is 3. The predicted molar refractivity (Wildman–Crippen MR) is 150 cm³/mol. The number of nitro groups is 1. The number of Topliss-reactive ketones (excluding diaryl/α,β-unsaturated/α-hetero) is 1. The van der Waals surface area contributed by atoms with Crippen molar-refractivity contribution in [3.05, 3.63) is 104 Å². The molecule has 5 rings (SSSR count). The Labute approximate surface area is 243 Å². The summed E-state index contributed by atoms with van der Waals surface area (Å²) in [7, 11) is 0. The molecule has 0 bridgehead atoms. The first-order chi connectivity index (χ1) is 19.6. The molecule has 2 unspecified atom stereocenters. The van der Waals surface area contributed by atoms with Crippen molar-refractivity contribution in [2.45, 2.75) is 31.0 Å². The van der Waals surface area contributed by atoms with Crippen molar-refractivity contribution >= 4 is 45.1 Å². The molecular formula is C29H25BrN4O7. The number of ketones is 1. The fourth-order valence-electron chi connectivity index (χ4n) is 5.40. The molecule has 41 heavy (non-hydrogen) atoms. The summed E-state index contributed by atoms with van der Waals surface area (Å²) in [6.45, 7) is -0.0366. The Hall–Kier alpha value is -4.58. The third-order valence-electron chi connectivity index (χ3n) is 7.34. The molecule has 2 heterocycles. The van der Waals surface area contributed by atoms with Gasteiger partial charge in [0.2, 0.25) is 5.91 Å². The van der Waals surface area contributed by atoms with Crippen LogP contribution < -0.4 is 5.32 Å². The highest BCUT2D eigenvalue weighted by molar-refractivity contribution is 9.10. The highest BCUT2D eigenvalue weighted by atomic mass is 79.9. The summed E-state index contributed by atoms with van der Waals surface area (Å²) in [5.41, 5.74) is 0.878. The largest absolute Gasteiger partial charge is 0.508 e. The van der Waals surface area contributed by atoms with Crippen molar-refractivity contribution in [3.63, 3.8) is 0 Å². The number of carbonyl (C=O) groups is 4. The molecule has 3 amide bonds. The van der Waals surface area contributed by atoms with Crippen LogP contribution in [0, 0.1) is 10.1 Å². The first-order valence-electron chi connectivity index (χ1n) is 12.9. The third-order valence-corrected chi connectivity index (χ3v) is 7.83. The van der Waals surface area contributed by atoms with Crippen molar-refractivity contribution in [1.82, 2.24) is 15.1 Å². The Balaban J connectivity index is 1.38. The normalized spacial score (nSPS) is 18.6. The summed E-state index contributed by atoms with van der Waals surface area (Å²) in [6, 6.07) is 15.8. The Morgan fingerprint density at radius 3 is 2.44 bits per heavy atom. The lowest BCUT2D eigenvalue weighted by atomic mass is 10.0. The monoisotopic (exact) mass is 620 g/mol. The molecule has 0 spiro atoms. The van der Waals surface area contributed by atoms with Gasteiger partial charge in [0.15, 0.2) is 5.78 Å². The number of nitro benzene ring substituents is 1. The minimum Gasteiger partial charge on any atom is -0.508 e. The number of phenols is 1. The van der Waals surface area contributed by atoms with E-state index in [1.807, 2.05) is 0 Å². The second kappa shape index (κ2) is 11.5. The minimum absolute atomic E-state index is 0.0576. The van der Waals surface area contributed by atoms with Gasteiger partial charge in [-0.2, -0.15) is 0 Å². The zero-order valence-electron chi connectivity index (χ0n) is 21.6. The van der Waals surface area contributed by atoms with E-state index < -0.39 is 40.8 Å². The van der Waals surface area contributed by atoms with Crippen LogP contribution in [0.3, 0.4) is 0 Å². The van der Waals surface area contributed by atoms with Gasteiger partial charge in [-0.15, -0.1) is 0 Å². The number of carbonyl (C=O) groups excluding carboxylic acids is 4. The Morgan fingerprint density at radius 1 is 1.02 bits per heavy atom. The fraction of sp³-hybridized carbons (Fsp3) is 0.241. The maximum Gasteiger partial charge on any atom is 0.270 e. The zero-order chi connectivity index (χ0) is 29.3. The van der Waals surface area contributed by atoms with E-state index in [1.54, 1.807) is 36.4 Å². The summed E-state index contributed by atoms with van der Waals surface area (Å²) in [6.07, 6.45) is 0.450. The van der Waals surface area contributed by atoms with Crippen molar-refractivity contribution in [2.24, 2.45) is 0 Å². The molecule has 0 saturated carbocycles. The molecule has 2 aliphatic rings. The summed E-state index contributed by atoms with van der Waals surface area (Å²) >= 11 is 3.34. The van der Waals surface area contributed by atoms with Crippen LogP contribution in [-0.2, 0) is 16.0 Å². The molecular weight excluding hydrogens is 596 g/mol. The number of nitrogens with one attached hydrogen (secondary N) is 1. The molecule has 2 aliphatic heterocycles. The molecule has 2 N–H and O–H groups in total. The number of non-ortho nitro benzene ring substituents is 1. The van der Waals surface area contributed by atoms with Gasteiger partial charge in [0.25, 0.3) is 17.5 Å². The van der Waals surface area contributed by atoms with Gasteiger partial charge in [-0.05, 0) is 48.4 Å². The second-order valence-corrected chi connectivity index (χ2v) is 10.9. The standard InChI is InChI=1S/C29H25BrN4O7/c30-20-5-1-3-18(14-20)27(37)31-23(13-17-7-9-22(35)10-8-17)29(39)32-12-11-24-26(32)25(36)16-33(24)28(38)19-4-2-6-21(15-19)34(40)41/h1-10,14-15,23-24,26,35H,11-13,16H2,(H,31,37)/t23-,24?,26?/m0/s1. The Morgan fingerprint density at radius 2 is 1.73 bits per heavy atom. The number of halogens is 1. The average Bonchev–Trinajstić information content (AvgIpc) is 3.54. The number of rotatable bonds is 7. The Bertz CT molecular complexity index is 1540. The van der Waals surface area contributed by atoms with Gasteiger partial charge in [-0.3, -0.25) is 29.3 Å². The van der Waals surface area contributed by atoms with Crippen LogP contribution >= 0.6 is 15.9 Å². The molecule has 0 radical (unpaired) electrons. The van der Waals surface area contributed by atoms with E-state index >= 15 is 0 Å². The summed E-state index contributed by atoms with van der Waals surface area (Å²) in [5.74, 6) is -1.72. The van der Waals surface area contributed by atoms with Gasteiger partial charge >= 0.3 is 0 Å². The lowest BCUT2D eigenvalue weighted by Gasteiger charge is -2.28. The molecule has 3 atom stereocenters.